The van der Waals surface area contributed by atoms with Gasteiger partial charge in [0.1, 0.15) is 24.4 Å². The minimum atomic E-state index is -1.59. The number of amides is 1. The number of allylic oxidation sites excluding steroid dienone is 19. The lowest BCUT2D eigenvalue weighted by molar-refractivity contribution is -0.302. The Balaban J connectivity index is 2.21. The summed E-state index contributed by atoms with van der Waals surface area (Å²) < 4.78 is 11.3. The third kappa shape index (κ3) is 50.5. The Morgan fingerprint density at radius 2 is 0.759 bits per heavy atom. The fourth-order valence-corrected chi connectivity index (χ4v) is 10.2. The maximum Gasteiger partial charge on any atom is 0.220 e. The summed E-state index contributed by atoms with van der Waals surface area (Å²) in [6.45, 7) is 3.64. The predicted octanol–water partition coefficient (Wildman–Crippen LogP) is 18.6. The van der Waals surface area contributed by atoms with Gasteiger partial charge < -0.3 is 40.3 Å². The van der Waals surface area contributed by atoms with Gasteiger partial charge in [-0.2, -0.15) is 0 Å². The van der Waals surface area contributed by atoms with Crippen LogP contribution in [0.15, 0.2) is 122 Å². The fraction of sp³-hybridized carbons (Fsp3) is 0.716. The molecule has 1 fully saturated rings. The number of nitrogens with one attached hydrogen (secondary N) is 1. The second kappa shape index (κ2) is 61.7. The summed E-state index contributed by atoms with van der Waals surface area (Å²) >= 11 is 0. The average molecular weight is 1160 g/mol. The normalized spacial score (nSPS) is 19.0. The molecule has 0 aromatic carbocycles. The molecule has 0 spiro atoms. The molecule has 0 aromatic heterocycles. The van der Waals surface area contributed by atoms with Gasteiger partial charge in [-0.15, -0.1) is 0 Å². The minimum Gasteiger partial charge on any atom is -0.394 e. The number of carbonyl (C=O) groups is 1. The SMILES string of the molecule is CC/C=C\C/C=C\C/C=C\C/C=C\C/C=C\C/C=C\C/C=C\C/C=C\CCCCC(=O)NC(COC1OC(CO)C(O)C(O)C1O)C(O)/C=C/CC/C=C/CCCCCCCCCCCCCCCCCCCCCCCCCCCCC. The molecular weight excluding hydrogens is 1030 g/mol. The van der Waals surface area contributed by atoms with Gasteiger partial charge in [-0.3, -0.25) is 4.79 Å². The Labute approximate surface area is 509 Å². The highest BCUT2D eigenvalue weighted by Crippen LogP contribution is 2.23. The number of carbonyl (C=O) groups excluding carboxylic acids is 1. The third-order valence-corrected chi connectivity index (χ3v) is 15.5. The van der Waals surface area contributed by atoms with Crippen LogP contribution in [0.4, 0.5) is 0 Å². The molecule has 0 bridgehead atoms. The van der Waals surface area contributed by atoms with Crippen LogP contribution in [0.25, 0.3) is 0 Å². The van der Waals surface area contributed by atoms with Crippen molar-refractivity contribution in [1.82, 2.24) is 5.32 Å². The Hall–Kier alpha value is -3.41. The van der Waals surface area contributed by atoms with Crippen molar-refractivity contribution < 1.29 is 39.8 Å². The lowest BCUT2D eigenvalue weighted by Crippen LogP contribution is -2.60. The second-order valence-electron chi connectivity index (χ2n) is 23.2. The zero-order valence-electron chi connectivity index (χ0n) is 53.2. The van der Waals surface area contributed by atoms with E-state index < -0.39 is 49.5 Å². The topological polar surface area (TPSA) is 149 Å². The molecule has 9 nitrogen and oxygen atoms in total. The molecule has 0 aromatic rings. The van der Waals surface area contributed by atoms with E-state index in [1.54, 1.807) is 6.08 Å². The fourth-order valence-electron chi connectivity index (χ4n) is 10.2. The summed E-state index contributed by atoms with van der Waals surface area (Å²) in [6, 6.07) is -0.857. The van der Waals surface area contributed by atoms with Crippen LogP contribution in [0.3, 0.4) is 0 Å². The zero-order chi connectivity index (χ0) is 60.0. The van der Waals surface area contributed by atoms with Crippen LogP contribution in [0.1, 0.15) is 284 Å². The summed E-state index contributed by atoms with van der Waals surface area (Å²) in [5, 5.41) is 54.7. The Morgan fingerprint density at radius 1 is 0.422 bits per heavy atom. The quantitative estimate of drug-likeness (QED) is 0.0261. The molecule has 7 unspecified atom stereocenters. The highest BCUT2D eigenvalue weighted by molar-refractivity contribution is 5.76. The maximum absolute atomic E-state index is 13.1. The third-order valence-electron chi connectivity index (χ3n) is 15.5. The van der Waals surface area contributed by atoms with E-state index in [-0.39, 0.29) is 18.9 Å². The summed E-state index contributed by atoms with van der Waals surface area (Å²) in [5.41, 5.74) is 0. The molecule has 476 valence electrons. The molecule has 1 saturated heterocycles. The van der Waals surface area contributed by atoms with Gasteiger partial charge in [0.15, 0.2) is 6.29 Å². The first-order chi connectivity index (χ1) is 40.8. The zero-order valence-corrected chi connectivity index (χ0v) is 53.2. The number of aliphatic hydroxyl groups excluding tert-OH is 5. The molecule has 7 atom stereocenters. The van der Waals surface area contributed by atoms with E-state index in [0.29, 0.717) is 6.42 Å². The molecule has 1 rings (SSSR count). The summed E-state index contributed by atoms with van der Waals surface area (Å²) in [7, 11) is 0. The highest BCUT2D eigenvalue weighted by Gasteiger charge is 2.44. The lowest BCUT2D eigenvalue weighted by atomic mass is 9.99. The minimum absolute atomic E-state index is 0.226. The number of rotatable bonds is 58. The van der Waals surface area contributed by atoms with Gasteiger partial charge in [-0.25, -0.2) is 0 Å². The van der Waals surface area contributed by atoms with Crippen LogP contribution in [0.2, 0.25) is 0 Å². The molecule has 6 N–H and O–H groups in total. The first-order valence-electron chi connectivity index (χ1n) is 34.3. The van der Waals surface area contributed by atoms with Crippen LogP contribution in [-0.2, 0) is 14.3 Å². The Morgan fingerprint density at radius 3 is 1.16 bits per heavy atom. The molecule has 0 radical (unpaired) electrons. The van der Waals surface area contributed by atoms with Gasteiger partial charge in [-0.1, -0.05) is 302 Å². The number of hydrogen-bond acceptors (Lipinski definition) is 8. The molecule has 1 aliphatic heterocycles. The molecule has 9 heteroatoms. The second-order valence-corrected chi connectivity index (χ2v) is 23.2. The van der Waals surface area contributed by atoms with Gasteiger partial charge in [0.05, 0.1) is 25.4 Å². The van der Waals surface area contributed by atoms with Crippen molar-refractivity contribution in [3.8, 4) is 0 Å². The summed E-state index contributed by atoms with van der Waals surface area (Å²) in [4.78, 5) is 13.1. The van der Waals surface area contributed by atoms with Gasteiger partial charge in [0, 0.05) is 6.42 Å². The van der Waals surface area contributed by atoms with Crippen LogP contribution < -0.4 is 5.32 Å². The van der Waals surface area contributed by atoms with Gasteiger partial charge in [0.25, 0.3) is 0 Å². The number of hydrogen-bond donors (Lipinski definition) is 6. The van der Waals surface area contributed by atoms with Crippen molar-refractivity contribution in [2.45, 2.75) is 326 Å². The average Bonchev–Trinajstić information content (AvgIpc) is 3.60. The monoisotopic (exact) mass is 1160 g/mol. The van der Waals surface area contributed by atoms with Crippen LogP contribution in [-0.4, -0.2) is 87.5 Å². The van der Waals surface area contributed by atoms with E-state index in [0.717, 1.165) is 83.5 Å². The molecule has 1 aliphatic rings. The van der Waals surface area contributed by atoms with Crippen molar-refractivity contribution >= 4 is 5.91 Å². The molecule has 83 heavy (non-hydrogen) atoms. The first-order valence-corrected chi connectivity index (χ1v) is 34.3. The van der Waals surface area contributed by atoms with E-state index in [4.69, 9.17) is 9.47 Å². The van der Waals surface area contributed by atoms with Crippen molar-refractivity contribution in [2.75, 3.05) is 13.2 Å². The summed E-state index contributed by atoms with van der Waals surface area (Å²) in [5.74, 6) is -0.231. The van der Waals surface area contributed by atoms with E-state index in [9.17, 15) is 30.3 Å². The van der Waals surface area contributed by atoms with Crippen LogP contribution in [0.5, 0.6) is 0 Å². The van der Waals surface area contributed by atoms with Crippen molar-refractivity contribution in [1.29, 1.82) is 0 Å². The van der Waals surface area contributed by atoms with Gasteiger partial charge >= 0.3 is 0 Å². The predicted molar refractivity (Wildman–Crippen MR) is 354 cm³/mol. The van der Waals surface area contributed by atoms with Crippen molar-refractivity contribution in [3.63, 3.8) is 0 Å². The summed E-state index contributed by atoms with van der Waals surface area (Å²) in [6.07, 6.45) is 85.9. The molecule has 1 amide bonds. The smallest absolute Gasteiger partial charge is 0.220 e. The van der Waals surface area contributed by atoms with E-state index in [1.165, 1.54) is 173 Å². The van der Waals surface area contributed by atoms with Crippen LogP contribution in [0, 0.1) is 0 Å². The number of unbranched alkanes of at least 4 members (excludes halogenated alkanes) is 30. The molecule has 0 aliphatic carbocycles. The van der Waals surface area contributed by atoms with Crippen molar-refractivity contribution in [2.24, 2.45) is 0 Å². The largest absolute Gasteiger partial charge is 0.394 e. The van der Waals surface area contributed by atoms with E-state index in [2.05, 4.69) is 129 Å². The highest BCUT2D eigenvalue weighted by atomic mass is 16.7. The molecular formula is C74H127NO8. The standard InChI is InChI=1S/C74H127NO8/c1-3-5-7-9-11-13-15-17-19-21-23-25-27-29-31-32-33-34-35-36-38-39-41-43-45-47-49-51-53-55-57-59-61-63-68(77)67(66-82-74-73(81)72(80)71(79)69(65-76)83-74)75-70(78)64-62-60-58-56-54-52-50-48-46-44-42-40-37-30-28-26-24-22-20-18-16-14-12-10-8-6-4-2/h6,8,12,14,18,20,24,26,30,37,42,44,48,50,53-56,61,63,67-69,71-74,76-77,79-81H,3-5,7,9-11,13,15-17,19,21-23,25,27-29,31-36,38-41,43,45-47,49,51-52,57-60,62,64-66H2,1-2H3,(H,75,78)/b8-6-,14-12-,20-18-,26-24-,37-30-,44-42-,50-48-,55-53+,56-54-,63-61+. The molecule has 0 saturated carbocycles. The Kier molecular flexibility index (Phi) is 57.7. The maximum atomic E-state index is 13.1. The number of ether oxygens (including phenoxy) is 2. The van der Waals surface area contributed by atoms with Gasteiger partial charge in [0.2, 0.25) is 5.91 Å². The van der Waals surface area contributed by atoms with Crippen LogP contribution >= 0.6 is 0 Å². The number of aliphatic hydroxyl groups is 5. The lowest BCUT2D eigenvalue weighted by Gasteiger charge is -2.40. The first kappa shape index (κ1) is 77.6. The molecule has 1 heterocycles. The Bertz CT molecular complexity index is 1720. The van der Waals surface area contributed by atoms with Gasteiger partial charge in [-0.05, 0) is 96.3 Å². The van der Waals surface area contributed by atoms with Crippen molar-refractivity contribution in [3.05, 3.63) is 122 Å². The van der Waals surface area contributed by atoms with E-state index in [1.807, 2.05) is 6.08 Å². The van der Waals surface area contributed by atoms with E-state index >= 15 is 0 Å².